The van der Waals surface area contributed by atoms with Crippen molar-refractivity contribution in [3.63, 3.8) is 0 Å². The normalized spacial score (nSPS) is 16.0. The summed E-state index contributed by atoms with van der Waals surface area (Å²) < 4.78 is 37.6. The maximum atomic E-state index is 12.5. The lowest BCUT2D eigenvalue weighted by Crippen LogP contribution is -2.31. The summed E-state index contributed by atoms with van der Waals surface area (Å²) in [5, 5.41) is 3.68. The number of esters is 1. The van der Waals surface area contributed by atoms with Gasteiger partial charge in [0, 0.05) is 5.92 Å². The van der Waals surface area contributed by atoms with Gasteiger partial charge in [-0.1, -0.05) is 68.3 Å². The molecule has 1 heterocycles. The van der Waals surface area contributed by atoms with Gasteiger partial charge < -0.3 is 9.26 Å². The zero-order valence-electron chi connectivity index (χ0n) is 20.7. The summed E-state index contributed by atoms with van der Waals surface area (Å²) in [5.74, 6) is -1.40. The van der Waals surface area contributed by atoms with Crippen molar-refractivity contribution in [1.82, 2.24) is 14.9 Å². The second kappa shape index (κ2) is 11.8. The van der Waals surface area contributed by atoms with E-state index in [1.54, 1.807) is 39.0 Å². The first-order valence-electron chi connectivity index (χ1n) is 12.2. The average Bonchev–Trinajstić information content (AvgIpc) is 3.29. The molecule has 9 nitrogen and oxygen atoms in total. The molecule has 1 aromatic heterocycles. The van der Waals surface area contributed by atoms with Crippen molar-refractivity contribution in [2.45, 2.75) is 95.0 Å². The molecule has 1 aromatic carbocycles. The Labute approximate surface area is 207 Å². The van der Waals surface area contributed by atoms with Crippen LogP contribution < -0.4 is 4.72 Å². The van der Waals surface area contributed by atoms with E-state index in [4.69, 9.17) is 9.26 Å². The van der Waals surface area contributed by atoms with E-state index in [1.807, 2.05) is 4.72 Å². The fourth-order valence-corrected chi connectivity index (χ4v) is 5.31. The van der Waals surface area contributed by atoms with Crippen LogP contribution in [0.3, 0.4) is 0 Å². The predicted molar refractivity (Wildman–Crippen MR) is 129 cm³/mol. The molecule has 1 N–H and O–H groups in total. The molecule has 0 aliphatic heterocycles. The zero-order chi connectivity index (χ0) is 25.5. The van der Waals surface area contributed by atoms with Crippen LogP contribution in [0.1, 0.15) is 101 Å². The van der Waals surface area contributed by atoms with Gasteiger partial charge in [0.25, 0.3) is 15.8 Å². The number of rotatable bonds is 10. The average molecular weight is 506 g/mol. The molecule has 0 unspecified atom stereocenters. The van der Waals surface area contributed by atoms with Gasteiger partial charge in [0.05, 0.1) is 11.3 Å². The van der Waals surface area contributed by atoms with Gasteiger partial charge in [0.15, 0.2) is 0 Å². The number of aromatic nitrogens is 2. The number of nitrogens with one attached hydrogen (secondary N) is 1. The second-order valence-corrected chi connectivity index (χ2v) is 11.8. The standard InChI is InChI=1S/C25H35N3O6S/c1-25(2,3)33-21(29)17-19(14-10-13-18-11-6-4-7-12-18)24-26-22(27-34-24)23(30)28-35(31,32)20-15-8-5-9-16-20/h5,8-9,15-16,18-19H,4,6-7,10-14,17H2,1-3H3,(H,28,30)/t19-/m0/s1. The lowest BCUT2D eigenvalue weighted by atomic mass is 9.84. The maximum absolute atomic E-state index is 12.5. The highest BCUT2D eigenvalue weighted by molar-refractivity contribution is 7.90. The van der Waals surface area contributed by atoms with Gasteiger partial charge in [-0.2, -0.15) is 4.98 Å². The summed E-state index contributed by atoms with van der Waals surface area (Å²) in [6.07, 6.45) is 8.89. The highest BCUT2D eigenvalue weighted by Crippen LogP contribution is 2.31. The van der Waals surface area contributed by atoms with E-state index in [9.17, 15) is 18.0 Å². The Balaban J connectivity index is 1.68. The Morgan fingerprint density at radius 2 is 1.83 bits per heavy atom. The number of hydrogen-bond donors (Lipinski definition) is 1. The highest BCUT2D eigenvalue weighted by atomic mass is 32.2. The van der Waals surface area contributed by atoms with Crippen LogP contribution in [0.15, 0.2) is 39.8 Å². The van der Waals surface area contributed by atoms with Crippen LogP contribution in [0.5, 0.6) is 0 Å². The fraction of sp³-hybridized carbons (Fsp3) is 0.600. The third-order valence-electron chi connectivity index (χ3n) is 6.00. The Kier molecular flexibility index (Phi) is 9.04. The molecule has 0 spiro atoms. The quantitative estimate of drug-likeness (QED) is 0.458. The van der Waals surface area contributed by atoms with Gasteiger partial charge in [-0.05, 0) is 45.2 Å². The van der Waals surface area contributed by atoms with E-state index in [1.165, 1.54) is 44.2 Å². The molecule has 10 heteroatoms. The smallest absolute Gasteiger partial charge is 0.307 e. The van der Waals surface area contributed by atoms with E-state index in [0.717, 1.165) is 12.8 Å². The molecule has 1 atom stereocenters. The molecule has 1 amide bonds. The van der Waals surface area contributed by atoms with E-state index in [2.05, 4.69) is 10.1 Å². The van der Waals surface area contributed by atoms with Crippen molar-refractivity contribution in [1.29, 1.82) is 0 Å². The minimum absolute atomic E-state index is 0.0352. The molecule has 1 aliphatic rings. The summed E-state index contributed by atoms with van der Waals surface area (Å²) in [6.45, 7) is 5.39. The fourth-order valence-electron chi connectivity index (χ4n) is 4.35. The maximum Gasteiger partial charge on any atom is 0.307 e. The van der Waals surface area contributed by atoms with Crippen LogP contribution in [0.4, 0.5) is 0 Å². The minimum atomic E-state index is -4.08. The van der Waals surface area contributed by atoms with Crippen LogP contribution in [-0.2, 0) is 19.6 Å². The molecule has 0 saturated heterocycles. The number of amides is 1. The molecule has 192 valence electrons. The van der Waals surface area contributed by atoms with Crippen LogP contribution in [0.2, 0.25) is 0 Å². The van der Waals surface area contributed by atoms with Crippen LogP contribution >= 0.6 is 0 Å². The number of benzene rings is 1. The number of carbonyl (C=O) groups is 2. The monoisotopic (exact) mass is 505 g/mol. The Morgan fingerprint density at radius 1 is 1.14 bits per heavy atom. The van der Waals surface area contributed by atoms with Gasteiger partial charge in [-0.25, -0.2) is 13.1 Å². The Hall–Kier alpha value is -2.75. The first kappa shape index (κ1) is 26.8. The van der Waals surface area contributed by atoms with Crippen molar-refractivity contribution in [3.8, 4) is 0 Å². The summed E-state index contributed by atoms with van der Waals surface area (Å²) in [7, 11) is -4.08. The Bertz CT molecular complexity index is 1090. The first-order chi connectivity index (χ1) is 16.5. The van der Waals surface area contributed by atoms with E-state index in [0.29, 0.717) is 12.3 Å². The molecule has 1 fully saturated rings. The van der Waals surface area contributed by atoms with Crippen molar-refractivity contribution in [2.24, 2.45) is 5.92 Å². The van der Waals surface area contributed by atoms with Crippen LogP contribution in [0.25, 0.3) is 0 Å². The SMILES string of the molecule is CC(C)(C)OC(=O)C[C@H](CCCC1CCCCC1)c1nc(C(=O)NS(=O)(=O)c2ccccc2)no1. The minimum Gasteiger partial charge on any atom is -0.460 e. The summed E-state index contributed by atoms with van der Waals surface area (Å²) >= 11 is 0. The van der Waals surface area contributed by atoms with E-state index >= 15 is 0 Å². The molecule has 3 rings (SSSR count). The Morgan fingerprint density at radius 3 is 2.49 bits per heavy atom. The topological polar surface area (TPSA) is 128 Å². The van der Waals surface area contributed by atoms with Crippen molar-refractivity contribution in [2.75, 3.05) is 0 Å². The van der Waals surface area contributed by atoms with Crippen LogP contribution in [-0.4, -0.2) is 36.0 Å². The largest absolute Gasteiger partial charge is 0.460 e. The molecule has 35 heavy (non-hydrogen) atoms. The number of hydrogen-bond acceptors (Lipinski definition) is 8. The molecule has 2 aromatic rings. The molecular formula is C25H35N3O6S. The van der Waals surface area contributed by atoms with Gasteiger partial charge in [0.1, 0.15) is 5.60 Å². The summed E-state index contributed by atoms with van der Waals surface area (Å²) in [4.78, 5) is 29.1. The summed E-state index contributed by atoms with van der Waals surface area (Å²) in [5.41, 5.74) is -0.630. The van der Waals surface area contributed by atoms with Gasteiger partial charge >= 0.3 is 11.9 Å². The second-order valence-electron chi connectivity index (χ2n) is 10.1. The predicted octanol–water partition coefficient (Wildman–Crippen LogP) is 4.75. The van der Waals surface area contributed by atoms with E-state index < -0.39 is 39.2 Å². The van der Waals surface area contributed by atoms with Crippen LogP contribution in [0, 0.1) is 5.92 Å². The summed E-state index contributed by atoms with van der Waals surface area (Å²) in [6, 6.07) is 7.53. The zero-order valence-corrected chi connectivity index (χ0v) is 21.5. The number of nitrogens with zero attached hydrogens (tertiary/aromatic N) is 2. The van der Waals surface area contributed by atoms with Crippen molar-refractivity contribution < 1.29 is 27.3 Å². The first-order valence-corrected chi connectivity index (χ1v) is 13.7. The number of carbonyl (C=O) groups excluding carboxylic acids is 2. The van der Waals surface area contributed by atoms with Crippen molar-refractivity contribution >= 4 is 21.9 Å². The van der Waals surface area contributed by atoms with Gasteiger partial charge in [-0.15, -0.1) is 0 Å². The lowest BCUT2D eigenvalue weighted by Gasteiger charge is -2.23. The molecule has 1 aliphatic carbocycles. The molecule has 0 radical (unpaired) electrons. The third kappa shape index (κ3) is 8.45. The molecule has 1 saturated carbocycles. The molecular weight excluding hydrogens is 470 g/mol. The highest BCUT2D eigenvalue weighted by Gasteiger charge is 2.28. The van der Waals surface area contributed by atoms with Gasteiger partial charge in [0.2, 0.25) is 5.89 Å². The van der Waals surface area contributed by atoms with Gasteiger partial charge in [-0.3, -0.25) is 9.59 Å². The number of sulfonamides is 1. The van der Waals surface area contributed by atoms with E-state index in [-0.39, 0.29) is 17.2 Å². The number of ether oxygens (including phenoxy) is 1. The molecule has 0 bridgehead atoms. The third-order valence-corrected chi connectivity index (χ3v) is 7.34. The lowest BCUT2D eigenvalue weighted by molar-refractivity contribution is -0.155. The van der Waals surface area contributed by atoms with Crippen molar-refractivity contribution in [3.05, 3.63) is 42.0 Å².